The number of methoxy groups -OCH3 is 1. The highest BCUT2D eigenvalue weighted by atomic mass is 16.5. The molecule has 1 aromatic carbocycles. The van der Waals surface area contributed by atoms with Crippen LogP contribution in [0.1, 0.15) is 31.2 Å². The average Bonchev–Trinajstić information content (AvgIpc) is 3.10. The van der Waals surface area contributed by atoms with Gasteiger partial charge in [0.1, 0.15) is 11.6 Å². The highest BCUT2D eigenvalue weighted by molar-refractivity contribution is 6.01. The number of nitrogens with two attached hydrogens (primary N) is 1. The lowest BCUT2D eigenvalue weighted by atomic mass is 10.1. The first-order valence-corrected chi connectivity index (χ1v) is 8.05. The quantitative estimate of drug-likeness (QED) is 0.575. The number of amides is 2. The summed E-state index contributed by atoms with van der Waals surface area (Å²) in [6.07, 6.45) is 5.58. The molecule has 0 bridgehead atoms. The van der Waals surface area contributed by atoms with Crippen LogP contribution in [0.25, 0.3) is 6.08 Å². The van der Waals surface area contributed by atoms with Crippen LogP contribution in [0, 0.1) is 11.3 Å². The third kappa shape index (κ3) is 5.24. The number of benzene rings is 1. The zero-order valence-electron chi connectivity index (χ0n) is 14.1. The van der Waals surface area contributed by atoms with Crippen molar-refractivity contribution in [2.75, 3.05) is 13.7 Å². The van der Waals surface area contributed by atoms with Crippen LogP contribution >= 0.6 is 0 Å². The van der Waals surface area contributed by atoms with Gasteiger partial charge in [0, 0.05) is 6.04 Å². The van der Waals surface area contributed by atoms with Gasteiger partial charge in [-0.15, -0.1) is 0 Å². The fraction of sp³-hybridized carbons (Fsp3) is 0.389. The fourth-order valence-electron chi connectivity index (χ4n) is 2.69. The Labute approximate surface area is 146 Å². The fourth-order valence-corrected chi connectivity index (χ4v) is 2.69. The van der Waals surface area contributed by atoms with Crippen LogP contribution in [0.2, 0.25) is 0 Å². The van der Waals surface area contributed by atoms with Crippen molar-refractivity contribution in [2.24, 2.45) is 5.73 Å². The molecule has 0 aromatic heterocycles. The van der Waals surface area contributed by atoms with Crippen LogP contribution in [-0.2, 0) is 9.59 Å². The van der Waals surface area contributed by atoms with E-state index >= 15 is 0 Å². The summed E-state index contributed by atoms with van der Waals surface area (Å²) in [5, 5.41) is 12.2. The molecule has 1 fully saturated rings. The van der Waals surface area contributed by atoms with Crippen LogP contribution in [0.15, 0.2) is 23.8 Å². The van der Waals surface area contributed by atoms with Crippen LogP contribution in [0.5, 0.6) is 11.5 Å². The molecule has 132 valence electrons. The molecule has 0 atom stereocenters. The van der Waals surface area contributed by atoms with Gasteiger partial charge in [-0.25, -0.2) is 0 Å². The highest BCUT2D eigenvalue weighted by Crippen LogP contribution is 2.29. The summed E-state index contributed by atoms with van der Waals surface area (Å²) in [6.45, 7) is -0.265. The van der Waals surface area contributed by atoms with Gasteiger partial charge in [0.2, 0.25) is 0 Å². The molecule has 1 aliphatic carbocycles. The molecule has 1 aromatic rings. The topological polar surface area (TPSA) is 114 Å². The van der Waals surface area contributed by atoms with Crippen molar-refractivity contribution in [3.05, 3.63) is 29.3 Å². The first-order chi connectivity index (χ1) is 12.0. The number of carbonyl (C=O) groups excluding carboxylic acids is 2. The summed E-state index contributed by atoms with van der Waals surface area (Å²) < 4.78 is 10.5. The molecule has 2 amide bonds. The van der Waals surface area contributed by atoms with E-state index < -0.39 is 5.91 Å². The highest BCUT2D eigenvalue weighted by Gasteiger charge is 2.19. The van der Waals surface area contributed by atoms with Crippen molar-refractivity contribution in [1.82, 2.24) is 5.32 Å². The minimum atomic E-state index is -0.596. The normalized spacial score (nSPS) is 14.6. The summed E-state index contributed by atoms with van der Waals surface area (Å²) >= 11 is 0. The van der Waals surface area contributed by atoms with Crippen LogP contribution in [-0.4, -0.2) is 31.6 Å². The Bertz CT molecular complexity index is 716. The lowest BCUT2D eigenvalue weighted by Gasteiger charge is -2.12. The number of rotatable bonds is 7. The molecule has 0 unspecified atom stereocenters. The number of carbonyl (C=O) groups is 2. The largest absolute Gasteiger partial charge is 0.493 e. The monoisotopic (exact) mass is 343 g/mol. The molecule has 7 heteroatoms. The number of hydrogen-bond acceptors (Lipinski definition) is 5. The van der Waals surface area contributed by atoms with Gasteiger partial charge < -0.3 is 20.5 Å². The number of nitriles is 1. The molecule has 1 aliphatic rings. The van der Waals surface area contributed by atoms with E-state index in [1.54, 1.807) is 18.2 Å². The molecular formula is C18H21N3O4. The van der Waals surface area contributed by atoms with E-state index in [1.165, 1.54) is 13.2 Å². The molecule has 2 rings (SSSR count). The van der Waals surface area contributed by atoms with Crippen molar-refractivity contribution < 1.29 is 19.1 Å². The summed E-state index contributed by atoms with van der Waals surface area (Å²) in [5.74, 6) is -0.236. The molecule has 0 saturated heterocycles. The number of nitrogens with one attached hydrogen (secondary N) is 1. The van der Waals surface area contributed by atoms with Crippen LogP contribution in [0.3, 0.4) is 0 Å². The standard InChI is InChI=1S/C18H21N3O4/c1-24-16-9-12(6-7-15(16)25-11-17(20)22)8-13(10-19)18(23)21-14-4-2-3-5-14/h6-9,14H,2-5,11H2,1H3,(H2,20,22)(H,21,23)/b13-8+. The van der Waals surface area contributed by atoms with E-state index in [0.717, 1.165) is 25.7 Å². The zero-order valence-corrected chi connectivity index (χ0v) is 14.1. The predicted molar refractivity (Wildman–Crippen MR) is 91.7 cm³/mol. The lowest BCUT2D eigenvalue weighted by Crippen LogP contribution is -2.33. The summed E-state index contributed by atoms with van der Waals surface area (Å²) in [6, 6.07) is 6.96. The van der Waals surface area contributed by atoms with E-state index in [9.17, 15) is 14.9 Å². The van der Waals surface area contributed by atoms with Gasteiger partial charge in [0.05, 0.1) is 7.11 Å². The maximum absolute atomic E-state index is 12.2. The van der Waals surface area contributed by atoms with E-state index in [-0.39, 0.29) is 24.1 Å². The zero-order chi connectivity index (χ0) is 18.2. The van der Waals surface area contributed by atoms with E-state index in [1.807, 2.05) is 6.07 Å². The van der Waals surface area contributed by atoms with Crippen molar-refractivity contribution in [1.29, 1.82) is 5.26 Å². The molecule has 3 N–H and O–H groups in total. The summed E-state index contributed by atoms with van der Waals surface area (Å²) in [4.78, 5) is 23.0. The Balaban J connectivity index is 2.14. The molecule has 0 spiro atoms. The Morgan fingerprint density at radius 3 is 2.68 bits per heavy atom. The van der Waals surface area contributed by atoms with E-state index in [0.29, 0.717) is 17.1 Å². The number of hydrogen-bond donors (Lipinski definition) is 2. The van der Waals surface area contributed by atoms with Gasteiger partial charge in [-0.1, -0.05) is 18.9 Å². The van der Waals surface area contributed by atoms with Gasteiger partial charge in [-0.2, -0.15) is 5.26 Å². The second kappa shape index (κ2) is 8.73. The van der Waals surface area contributed by atoms with E-state index in [4.69, 9.17) is 15.2 Å². The van der Waals surface area contributed by atoms with Gasteiger partial charge in [-0.3, -0.25) is 9.59 Å². The molecule has 1 saturated carbocycles. The van der Waals surface area contributed by atoms with Crippen LogP contribution in [0.4, 0.5) is 0 Å². The Morgan fingerprint density at radius 2 is 2.08 bits per heavy atom. The Hall–Kier alpha value is -3.01. The first-order valence-electron chi connectivity index (χ1n) is 8.05. The van der Waals surface area contributed by atoms with Gasteiger partial charge in [0.15, 0.2) is 18.1 Å². The van der Waals surface area contributed by atoms with Crippen molar-refractivity contribution >= 4 is 17.9 Å². The second-order valence-electron chi connectivity index (χ2n) is 5.79. The molecule has 0 heterocycles. The van der Waals surface area contributed by atoms with Crippen molar-refractivity contribution in [3.63, 3.8) is 0 Å². The lowest BCUT2D eigenvalue weighted by molar-refractivity contribution is -0.120. The SMILES string of the molecule is COc1cc(/C=C(\C#N)C(=O)NC2CCCC2)ccc1OCC(N)=O. The first kappa shape index (κ1) is 18.3. The molecule has 0 radical (unpaired) electrons. The minimum Gasteiger partial charge on any atom is -0.493 e. The second-order valence-corrected chi connectivity index (χ2v) is 5.79. The van der Waals surface area contributed by atoms with Gasteiger partial charge in [0.25, 0.3) is 11.8 Å². The Morgan fingerprint density at radius 1 is 1.36 bits per heavy atom. The third-order valence-electron chi connectivity index (χ3n) is 3.92. The number of primary amides is 1. The maximum atomic E-state index is 12.2. The van der Waals surface area contributed by atoms with Gasteiger partial charge >= 0.3 is 0 Å². The average molecular weight is 343 g/mol. The van der Waals surface area contributed by atoms with E-state index in [2.05, 4.69) is 5.32 Å². The number of ether oxygens (including phenoxy) is 2. The maximum Gasteiger partial charge on any atom is 0.262 e. The molecular weight excluding hydrogens is 322 g/mol. The summed E-state index contributed by atoms with van der Waals surface area (Å²) in [7, 11) is 1.46. The van der Waals surface area contributed by atoms with Crippen LogP contribution < -0.4 is 20.5 Å². The predicted octanol–water partition coefficient (Wildman–Crippen LogP) is 1.53. The summed E-state index contributed by atoms with van der Waals surface area (Å²) in [5.41, 5.74) is 5.69. The molecule has 7 nitrogen and oxygen atoms in total. The van der Waals surface area contributed by atoms with Crippen molar-refractivity contribution in [2.45, 2.75) is 31.7 Å². The van der Waals surface area contributed by atoms with Gasteiger partial charge in [-0.05, 0) is 36.6 Å². The Kier molecular flexibility index (Phi) is 6.40. The van der Waals surface area contributed by atoms with Crippen molar-refractivity contribution in [3.8, 4) is 17.6 Å². The minimum absolute atomic E-state index is 0.0276. The number of nitrogens with zero attached hydrogens (tertiary/aromatic N) is 1. The smallest absolute Gasteiger partial charge is 0.262 e. The third-order valence-corrected chi connectivity index (χ3v) is 3.92. The molecule has 25 heavy (non-hydrogen) atoms. The molecule has 0 aliphatic heterocycles.